The molecular formula is C12H25NO3S. The standard InChI is InChI=1S/C12H25NO3S/c1-2-3-4-10-17(15,16)13-8-5-6-12(11-13)7-9-14/h12,14H,2-11H2,1H3/t12-/m0/s1. The first-order valence-corrected chi connectivity index (χ1v) is 8.29. The maximum absolute atomic E-state index is 12.1. The van der Waals surface area contributed by atoms with Crippen molar-refractivity contribution < 1.29 is 13.5 Å². The average Bonchev–Trinajstić information content (AvgIpc) is 2.30. The van der Waals surface area contributed by atoms with Crippen molar-refractivity contribution in [2.24, 2.45) is 5.92 Å². The van der Waals surface area contributed by atoms with E-state index in [0.717, 1.165) is 38.5 Å². The van der Waals surface area contributed by atoms with Crippen LogP contribution >= 0.6 is 0 Å². The van der Waals surface area contributed by atoms with Gasteiger partial charge in [0, 0.05) is 19.7 Å². The lowest BCUT2D eigenvalue weighted by Crippen LogP contribution is -2.41. The Morgan fingerprint density at radius 3 is 2.76 bits per heavy atom. The van der Waals surface area contributed by atoms with Crippen LogP contribution in [-0.2, 0) is 10.0 Å². The number of piperidine rings is 1. The quantitative estimate of drug-likeness (QED) is 0.710. The Balaban J connectivity index is 2.46. The lowest BCUT2D eigenvalue weighted by molar-refractivity contribution is 0.203. The van der Waals surface area contributed by atoms with Gasteiger partial charge in [0.05, 0.1) is 5.75 Å². The molecule has 1 fully saturated rings. The van der Waals surface area contributed by atoms with E-state index in [9.17, 15) is 8.42 Å². The second-order valence-electron chi connectivity index (χ2n) is 4.90. The van der Waals surface area contributed by atoms with E-state index in [1.54, 1.807) is 4.31 Å². The van der Waals surface area contributed by atoms with Crippen LogP contribution in [0.2, 0.25) is 0 Å². The van der Waals surface area contributed by atoms with Gasteiger partial charge in [-0.1, -0.05) is 19.8 Å². The zero-order chi connectivity index (χ0) is 12.7. The number of aliphatic hydroxyl groups excluding tert-OH is 1. The summed E-state index contributed by atoms with van der Waals surface area (Å²) >= 11 is 0. The Morgan fingerprint density at radius 1 is 1.35 bits per heavy atom. The SMILES string of the molecule is CCCCCS(=O)(=O)N1CCC[C@@H](CCO)C1. The minimum Gasteiger partial charge on any atom is -0.396 e. The molecule has 1 rings (SSSR count). The van der Waals surface area contributed by atoms with Crippen LogP contribution in [0.5, 0.6) is 0 Å². The van der Waals surface area contributed by atoms with Crippen molar-refractivity contribution in [3.63, 3.8) is 0 Å². The maximum atomic E-state index is 12.1. The topological polar surface area (TPSA) is 57.6 Å². The van der Waals surface area contributed by atoms with E-state index < -0.39 is 10.0 Å². The summed E-state index contributed by atoms with van der Waals surface area (Å²) in [5.74, 6) is 0.627. The molecule has 1 aliphatic rings. The molecule has 0 spiro atoms. The normalized spacial score (nSPS) is 22.8. The molecule has 1 aliphatic heterocycles. The first kappa shape index (κ1) is 14.9. The largest absolute Gasteiger partial charge is 0.396 e. The molecule has 0 aromatic rings. The molecule has 5 heteroatoms. The predicted octanol–water partition coefficient (Wildman–Crippen LogP) is 1.60. The van der Waals surface area contributed by atoms with Gasteiger partial charge >= 0.3 is 0 Å². The van der Waals surface area contributed by atoms with Crippen molar-refractivity contribution in [1.82, 2.24) is 4.31 Å². The van der Waals surface area contributed by atoms with Gasteiger partial charge in [-0.3, -0.25) is 0 Å². The fourth-order valence-electron chi connectivity index (χ4n) is 2.36. The summed E-state index contributed by atoms with van der Waals surface area (Å²) in [5.41, 5.74) is 0. The Hall–Kier alpha value is -0.130. The van der Waals surface area contributed by atoms with E-state index in [-0.39, 0.29) is 12.4 Å². The Kier molecular flexibility index (Phi) is 6.44. The Bertz CT molecular complexity index is 301. The molecule has 0 amide bonds. The smallest absolute Gasteiger partial charge is 0.214 e. The van der Waals surface area contributed by atoms with Gasteiger partial charge in [0.2, 0.25) is 10.0 Å². The van der Waals surface area contributed by atoms with E-state index in [0.29, 0.717) is 19.0 Å². The summed E-state index contributed by atoms with van der Waals surface area (Å²) in [5, 5.41) is 8.91. The molecule has 1 N–H and O–H groups in total. The van der Waals surface area contributed by atoms with Gasteiger partial charge in [0.25, 0.3) is 0 Å². The lowest BCUT2D eigenvalue weighted by atomic mass is 9.97. The van der Waals surface area contributed by atoms with Crippen molar-refractivity contribution in [1.29, 1.82) is 0 Å². The van der Waals surface area contributed by atoms with Gasteiger partial charge < -0.3 is 5.11 Å². The molecule has 1 saturated heterocycles. The van der Waals surface area contributed by atoms with Gasteiger partial charge in [-0.25, -0.2) is 12.7 Å². The van der Waals surface area contributed by atoms with E-state index in [1.807, 2.05) is 0 Å². The number of unbranched alkanes of at least 4 members (excludes halogenated alkanes) is 2. The maximum Gasteiger partial charge on any atom is 0.214 e. The number of nitrogens with zero attached hydrogens (tertiary/aromatic N) is 1. The molecule has 0 aliphatic carbocycles. The van der Waals surface area contributed by atoms with E-state index in [1.165, 1.54) is 0 Å². The van der Waals surface area contributed by atoms with Gasteiger partial charge in [-0.05, 0) is 31.6 Å². The molecule has 1 heterocycles. The van der Waals surface area contributed by atoms with Crippen molar-refractivity contribution >= 4 is 10.0 Å². The van der Waals surface area contributed by atoms with Gasteiger partial charge in [0.15, 0.2) is 0 Å². The zero-order valence-corrected chi connectivity index (χ0v) is 11.6. The molecule has 0 unspecified atom stereocenters. The zero-order valence-electron chi connectivity index (χ0n) is 10.8. The highest BCUT2D eigenvalue weighted by molar-refractivity contribution is 7.89. The van der Waals surface area contributed by atoms with Crippen LogP contribution in [0, 0.1) is 5.92 Å². The van der Waals surface area contributed by atoms with E-state index in [2.05, 4.69) is 6.92 Å². The van der Waals surface area contributed by atoms with Crippen molar-refractivity contribution in [3.8, 4) is 0 Å². The van der Waals surface area contributed by atoms with Gasteiger partial charge in [-0.15, -0.1) is 0 Å². The Labute approximate surface area is 105 Å². The summed E-state index contributed by atoms with van der Waals surface area (Å²) in [7, 11) is -3.06. The molecule has 0 radical (unpaired) electrons. The third-order valence-corrected chi connectivity index (χ3v) is 5.34. The molecule has 0 bridgehead atoms. The lowest BCUT2D eigenvalue weighted by Gasteiger charge is -2.31. The fourth-order valence-corrected chi connectivity index (χ4v) is 4.03. The first-order chi connectivity index (χ1) is 8.10. The minimum absolute atomic E-state index is 0.161. The summed E-state index contributed by atoms with van der Waals surface area (Å²) < 4.78 is 25.8. The van der Waals surface area contributed by atoms with Crippen LogP contribution < -0.4 is 0 Å². The molecule has 0 saturated carbocycles. The molecule has 17 heavy (non-hydrogen) atoms. The molecule has 1 atom stereocenters. The van der Waals surface area contributed by atoms with Gasteiger partial charge in [0.1, 0.15) is 0 Å². The van der Waals surface area contributed by atoms with Crippen LogP contribution in [0.25, 0.3) is 0 Å². The number of sulfonamides is 1. The summed E-state index contributed by atoms with van der Waals surface area (Å²) in [6, 6.07) is 0. The number of aliphatic hydroxyl groups is 1. The minimum atomic E-state index is -3.06. The molecular weight excluding hydrogens is 238 g/mol. The second-order valence-corrected chi connectivity index (χ2v) is 6.99. The van der Waals surface area contributed by atoms with Crippen LogP contribution in [0.3, 0.4) is 0 Å². The highest BCUT2D eigenvalue weighted by atomic mass is 32.2. The molecule has 0 aromatic carbocycles. The molecule has 0 aromatic heterocycles. The number of hydrogen-bond acceptors (Lipinski definition) is 3. The van der Waals surface area contributed by atoms with Crippen LogP contribution in [0.15, 0.2) is 0 Å². The Morgan fingerprint density at radius 2 is 2.12 bits per heavy atom. The third-order valence-electron chi connectivity index (χ3n) is 3.42. The van der Waals surface area contributed by atoms with Crippen molar-refractivity contribution in [3.05, 3.63) is 0 Å². The first-order valence-electron chi connectivity index (χ1n) is 6.69. The third kappa shape index (κ3) is 4.94. The van der Waals surface area contributed by atoms with Gasteiger partial charge in [-0.2, -0.15) is 0 Å². The highest BCUT2D eigenvalue weighted by Gasteiger charge is 2.27. The van der Waals surface area contributed by atoms with Crippen molar-refractivity contribution in [2.75, 3.05) is 25.4 Å². The monoisotopic (exact) mass is 263 g/mol. The van der Waals surface area contributed by atoms with E-state index in [4.69, 9.17) is 5.11 Å². The van der Waals surface area contributed by atoms with Crippen molar-refractivity contribution in [2.45, 2.75) is 45.4 Å². The molecule has 4 nitrogen and oxygen atoms in total. The second kappa shape index (κ2) is 7.34. The summed E-state index contributed by atoms with van der Waals surface area (Å²) in [6.07, 6.45) is 5.48. The summed E-state index contributed by atoms with van der Waals surface area (Å²) in [6.45, 7) is 3.50. The predicted molar refractivity (Wildman–Crippen MR) is 69.3 cm³/mol. The molecule has 102 valence electrons. The van der Waals surface area contributed by atoms with Crippen LogP contribution in [0.1, 0.15) is 45.4 Å². The fraction of sp³-hybridized carbons (Fsp3) is 1.00. The highest BCUT2D eigenvalue weighted by Crippen LogP contribution is 2.22. The van der Waals surface area contributed by atoms with Crippen LogP contribution in [0.4, 0.5) is 0 Å². The average molecular weight is 263 g/mol. The van der Waals surface area contributed by atoms with E-state index >= 15 is 0 Å². The number of hydrogen-bond donors (Lipinski definition) is 1. The summed E-state index contributed by atoms with van der Waals surface area (Å²) in [4.78, 5) is 0. The number of rotatable bonds is 7. The van der Waals surface area contributed by atoms with Crippen LogP contribution in [-0.4, -0.2) is 43.3 Å².